The zero-order valence-electron chi connectivity index (χ0n) is 16.8. The first-order valence-corrected chi connectivity index (χ1v) is 11.5. The molecule has 10 heteroatoms. The first-order valence-electron chi connectivity index (χ1n) is 10.1. The molecule has 2 heterocycles. The lowest BCUT2D eigenvalue weighted by Crippen LogP contribution is -2.40. The van der Waals surface area contributed by atoms with E-state index < -0.39 is 27.6 Å². The van der Waals surface area contributed by atoms with Crippen LogP contribution in [0.25, 0.3) is 0 Å². The SMILES string of the molecule is O=C(Nc1cc(F)ccc1F)c1cc(S(=O)(=O)N2CCOCC2)ccc1N1CCCC1. The minimum Gasteiger partial charge on any atom is -0.379 e. The Labute approximate surface area is 179 Å². The molecule has 31 heavy (non-hydrogen) atoms. The van der Waals surface area contributed by atoms with Crippen molar-refractivity contribution < 1.29 is 26.7 Å². The molecule has 0 atom stereocenters. The molecule has 0 spiro atoms. The van der Waals surface area contributed by atoms with Crippen LogP contribution in [0.2, 0.25) is 0 Å². The third-order valence-electron chi connectivity index (χ3n) is 5.44. The molecule has 2 aromatic rings. The van der Waals surface area contributed by atoms with E-state index in [2.05, 4.69) is 5.32 Å². The van der Waals surface area contributed by atoms with Gasteiger partial charge in [0.25, 0.3) is 5.91 Å². The largest absolute Gasteiger partial charge is 0.379 e. The van der Waals surface area contributed by atoms with Crippen LogP contribution in [0, 0.1) is 11.6 Å². The quantitative estimate of drug-likeness (QED) is 0.757. The van der Waals surface area contributed by atoms with Crippen LogP contribution in [0.15, 0.2) is 41.3 Å². The van der Waals surface area contributed by atoms with Crippen molar-refractivity contribution in [2.75, 3.05) is 49.6 Å². The maximum absolute atomic E-state index is 14.1. The van der Waals surface area contributed by atoms with Crippen molar-refractivity contribution >= 4 is 27.3 Å². The molecule has 0 bridgehead atoms. The number of hydrogen-bond donors (Lipinski definition) is 1. The zero-order valence-corrected chi connectivity index (χ0v) is 17.6. The van der Waals surface area contributed by atoms with Crippen molar-refractivity contribution in [2.24, 2.45) is 0 Å². The molecule has 166 valence electrons. The lowest BCUT2D eigenvalue weighted by molar-refractivity contribution is 0.0730. The number of morpholine rings is 1. The summed E-state index contributed by atoms with van der Waals surface area (Å²) in [7, 11) is -3.83. The number of ether oxygens (including phenoxy) is 1. The van der Waals surface area contributed by atoms with Crippen molar-refractivity contribution in [2.45, 2.75) is 17.7 Å². The number of rotatable bonds is 5. The molecule has 2 fully saturated rings. The van der Waals surface area contributed by atoms with Gasteiger partial charge in [0, 0.05) is 37.9 Å². The molecule has 2 aliphatic heterocycles. The number of halogens is 2. The first kappa shape index (κ1) is 21.7. The molecule has 2 saturated heterocycles. The number of nitrogens with zero attached hydrogens (tertiary/aromatic N) is 2. The summed E-state index contributed by atoms with van der Waals surface area (Å²) in [5.74, 6) is -2.18. The van der Waals surface area contributed by atoms with E-state index in [9.17, 15) is 22.0 Å². The normalized spacial score (nSPS) is 17.7. The second-order valence-corrected chi connectivity index (χ2v) is 9.41. The Kier molecular flexibility index (Phi) is 6.22. The van der Waals surface area contributed by atoms with Gasteiger partial charge in [-0.2, -0.15) is 4.31 Å². The van der Waals surface area contributed by atoms with E-state index in [1.165, 1.54) is 16.4 Å². The van der Waals surface area contributed by atoms with Gasteiger partial charge in [-0.25, -0.2) is 17.2 Å². The van der Waals surface area contributed by atoms with Crippen LogP contribution in [0.1, 0.15) is 23.2 Å². The highest BCUT2D eigenvalue weighted by Gasteiger charge is 2.29. The van der Waals surface area contributed by atoms with Gasteiger partial charge < -0.3 is 15.0 Å². The number of amides is 1. The van der Waals surface area contributed by atoms with Crippen LogP contribution in [-0.4, -0.2) is 58.0 Å². The van der Waals surface area contributed by atoms with Crippen LogP contribution < -0.4 is 10.2 Å². The molecule has 0 radical (unpaired) electrons. The molecule has 4 rings (SSSR count). The molecular formula is C21H23F2N3O4S. The van der Waals surface area contributed by atoms with Gasteiger partial charge in [-0.3, -0.25) is 4.79 Å². The lowest BCUT2D eigenvalue weighted by Gasteiger charge is -2.27. The van der Waals surface area contributed by atoms with E-state index in [1.54, 1.807) is 6.07 Å². The minimum atomic E-state index is -3.83. The number of carbonyl (C=O) groups excluding carboxylic acids is 1. The predicted octanol–water partition coefficient (Wildman–Crippen LogP) is 2.84. The number of carbonyl (C=O) groups is 1. The molecule has 7 nitrogen and oxygen atoms in total. The fraction of sp³-hybridized carbons (Fsp3) is 0.381. The number of sulfonamides is 1. The second-order valence-electron chi connectivity index (χ2n) is 7.47. The Hall–Kier alpha value is -2.56. The first-order chi connectivity index (χ1) is 14.9. The van der Waals surface area contributed by atoms with E-state index in [1.807, 2.05) is 4.90 Å². The number of anilines is 2. The average molecular weight is 451 g/mol. The smallest absolute Gasteiger partial charge is 0.257 e. The molecule has 2 aliphatic rings. The summed E-state index contributed by atoms with van der Waals surface area (Å²) in [6, 6.07) is 7.16. The Morgan fingerprint density at radius 1 is 0.968 bits per heavy atom. The Balaban J connectivity index is 1.71. The lowest BCUT2D eigenvalue weighted by atomic mass is 10.1. The van der Waals surface area contributed by atoms with E-state index in [0.717, 1.165) is 44.1 Å². The highest BCUT2D eigenvalue weighted by atomic mass is 32.2. The fourth-order valence-corrected chi connectivity index (χ4v) is 5.24. The fourth-order valence-electron chi connectivity index (χ4n) is 3.81. The summed E-state index contributed by atoms with van der Waals surface area (Å²) < 4.78 is 60.3. The number of hydrogen-bond acceptors (Lipinski definition) is 5. The van der Waals surface area contributed by atoms with Gasteiger partial charge in [-0.05, 0) is 43.2 Å². The topological polar surface area (TPSA) is 79.0 Å². The Morgan fingerprint density at radius 2 is 1.68 bits per heavy atom. The summed E-state index contributed by atoms with van der Waals surface area (Å²) >= 11 is 0. The molecule has 0 unspecified atom stereocenters. The highest BCUT2D eigenvalue weighted by molar-refractivity contribution is 7.89. The van der Waals surface area contributed by atoms with E-state index >= 15 is 0 Å². The third-order valence-corrected chi connectivity index (χ3v) is 7.34. The summed E-state index contributed by atoms with van der Waals surface area (Å²) in [6.45, 7) is 2.52. The van der Waals surface area contributed by atoms with Crippen molar-refractivity contribution in [1.29, 1.82) is 0 Å². The van der Waals surface area contributed by atoms with Crippen LogP contribution >= 0.6 is 0 Å². The Bertz CT molecular complexity index is 1080. The average Bonchev–Trinajstić information content (AvgIpc) is 3.31. The van der Waals surface area contributed by atoms with Crippen LogP contribution in [0.4, 0.5) is 20.2 Å². The van der Waals surface area contributed by atoms with Crippen molar-refractivity contribution in [3.05, 3.63) is 53.6 Å². The molecule has 1 N–H and O–H groups in total. The summed E-state index contributed by atoms with van der Waals surface area (Å²) in [5.41, 5.74) is 0.353. The maximum Gasteiger partial charge on any atom is 0.257 e. The van der Waals surface area contributed by atoms with Gasteiger partial charge in [-0.1, -0.05) is 0 Å². The molecule has 0 aromatic heterocycles. The van der Waals surface area contributed by atoms with Crippen molar-refractivity contribution in [3.63, 3.8) is 0 Å². The highest BCUT2D eigenvalue weighted by Crippen LogP contribution is 2.30. The Morgan fingerprint density at radius 3 is 2.39 bits per heavy atom. The van der Waals surface area contributed by atoms with Gasteiger partial charge in [0.2, 0.25) is 10.0 Å². The molecule has 0 saturated carbocycles. The van der Waals surface area contributed by atoms with E-state index in [4.69, 9.17) is 4.74 Å². The van der Waals surface area contributed by atoms with Gasteiger partial charge in [0.1, 0.15) is 11.6 Å². The summed E-state index contributed by atoms with van der Waals surface area (Å²) in [4.78, 5) is 15.0. The minimum absolute atomic E-state index is 0.0257. The monoisotopic (exact) mass is 451 g/mol. The predicted molar refractivity (Wildman–Crippen MR) is 112 cm³/mol. The second kappa shape index (κ2) is 8.89. The van der Waals surface area contributed by atoms with Crippen LogP contribution in [-0.2, 0) is 14.8 Å². The summed E-state index contributed by atoms with van der Waals surface area (Å²) in [6.07, 6.45) is 1.90. The van der Waals surface area contributed by atoms with Gasteiger partial charge in [-0.15, -0.1) is 0 Å². The maximum atomic E-state index is 14.1. The van der Waals surface area contributed by atoms with E-state index in [-0.39, 0.29) is 29.2 Å². The molecule has 0 aliphatic carbocycles. The van der Waals surface area contributed by atoms with Gasteiger partial charge in [0.15, 0.2) is 0 Å². The van der Waals surface area contributed by atoms with E-state index in [0.29, 0.717) is 18.9 Å². The van der Waals surface area contributed by atoms with Gasteiger partial charge >= 0.3 is 0 Å². The standard InChI is InChI=1S/C21H23F2N3O4S/c22-15-3-5-18(23)19(13-15)24-21(27)17-14-16(4-6-20(17)25-7-1-2-8-25)31(28,29)26-9-11-30-12-10-26/h3-6,13-14H,1-2,7-12H2,(H,24,27). The van der Waals surface area contributed by atoms with Crippen molar-refractivity contribution in [1.82, 2.24) is 4.31 Å². The van der Waals surface area contributed by atoms with Crippen LogP contribution in [0.3, 0.4) is 0 Å². The summed E-state index contributed by atoms with van der Waals surface area (Å²) in [5, 5.41) is 2.38. The zero-order chi connectivity index (χ0) is 22.0. The van der Waals surface area contributed by atoms with Crippen LogP contribution in [0.5, 0.6) is 0 Å². The molecular weight excluding hydrogens is 428 g/mol. The van der Waals surface area contributed by atoms with Gasteiger partial charge in [0.05, 0.1) is 29.4 Å². The number of nitrogens with one attached hydrogen (secondary N) is 1. The third kappa shape index (κ3) is 4.56. The number of benzene rings is 2. The molecule has 2 aromatic carbocycles. The van der Waals surface area contributed by atoms with Crippen molar-refractivity contribution in [3.8, 4) is 0 Å². The molecule has 1 amide bonds.